The number of rotatable bonds is 4. The number of piperidine rings is 1. The summed E-state index contributed by atoms with van der Waals surface area (Å²) in [5.74, 6) is 0.324. The highest BCUT2D eigenvalue weighted by Crippen LogP contribution is 2.16. The molecule has 3 heteroatoms. The van der Waals surface area contributed by atoms with E-state index in [1.165, 1.54) is 25.8 Å². The van der Waals surface area contributed by atoms with Crippen molar-refractivity contribution >= 4 is 18.2 Å². The molecule has 0 spiro atoms. The Balaban J connectivity index is 0.00000169. The molecule has 0 radical (unpaired) electrons. The lowest BCUT2D eigenvalue weighted by molar-refractivity contribution is -0.117. The van der Waals surface area contributed by atoms with Gasteiger partial charge in [-0.1, -0.05) is 6.42 Å². The van der Waals surface area contributed by atoms with Gasteiger partial charge in [0.2, 0.25) is 0 Å². The lowest BCUT2D eigenvalue weighted by Crippen LogP contribution is -2.38. The van der Waals surface area contributed by atoms with Gasteiger partial charge in [0.05, 0.1) is 0 Å². The molecular formula is C11H22ClNO. The van der Waals surface area contributed by atoms with Crippen molar-refractivity contribution in [3.8, 4) is 0 Å². The molecule has 1 aliphatic rings. The molecule has 0 N–H and O–H groups in total. The highest BCUT2D eigenvalue weighted by molar-refractivity contribution is 5.85. The highest BCUT2D eigenvalue weighted by atomic mass is 35.5. The molecule has 1 saturated heterocycles. The van der Waals surface area contributed by atoms with E-state index in [0.717, 1.165) is 25.4 Å². The Kier molecular flexibility index (Phi) is 7.20. The number of likely N-dealkylation sites (tertiary alicyclic amines) is 1. The smallest absolute Gasteiger partial charge is 0.129 e. The maximum atomic E-state index is 10.7. The van der Waals surface area contributed by atoms with E-state index in [9.17, 15) is 4.79 Å². The highest BCUT2D eigenvalue weighted by Gasteiger charge is 2.17. The zero-order valence-electron chi connectivity index (χ0n) is 9.29. The van der Waals surface area contributed by atoms with Crippen molar-refractivity contribution in [2.24, 2.45) is 0 Å². The number of hydrogen-bond acceptors (Lipinski definition) is 2. The van der Waals surface area contributed by atoms with E-state index >= 15 is 0 Å². The van der Waals surface area contributed by atoms with Crippen molar-refractivity contribution in [2.75, 3.05) is 13.1 Å². The van der Waals surface area contributed by atoms with Crippen LogP contribution in [0.5, 0.6) is 0 Å². The first-order valence-corrected chi connectivity index (χ1v) is 5.43. The van der Waals surface area contributed by atoms with Crippen LogP contribution < -0.4 is 0 Å². The molecule has 0 saturated carbocycles. The van der Waals surface area contributed by atoms with E-state index in [2.05, 4.69) is 11.8 Å². The zero-order chi connectivity index (χ0) is 9.68. The van der Waals surface area contributed by atoms with Crippen LogP contribution in [0.15, 0.2) is 0 Å². The maximum Gasteiger partial charge on any atom is 0.129 e. The Morgan fingerprint density at radius 2 is 2.14 bits per heavy atom. The summed E-state index contributed by atoms with van der Waals surface area (Å²) in [4.78, 5) is 13.3. The molecule has 0 amide bonds. The van der Waals surface area contributed by atoms with Gasteiger partial charge in [-0.2, -0.15) is 0 Å². The molecular weight excluding hydrogens is 198 g/mol. The quantitative estimate of drug-likeness (QED) is 0.725. The Bertz CT molecular complexity index is 173. The number of Topliss-reactive ketones (excluding diaryl/α,β-unsaturated/α-hetero) is 1. The van der Waals surface area contributed by atoms with Crippen LogP contribution in [0.3, 0.4) is 0 Å². The van der Waals surface area contributed by atoms with Gasteiger partial charge in [0, 0.05) is 12.5 Å². The summed E-state index contributed by atoms with van der Waals surface area (Å²) >= 11 is 0. The van der Waals surface area contributed by atoms with Crippen molar-refractivity contribution in [1.29, 1.82) is 0 Å². The lowest BCUT2D eigenvalue weighted by Gasteiger charge is -2.33. The number of halogens is 1. The Morgan fingerprint density at radius 1 is 1.43 bits per heavy atom. The minimum Gasteiger partial charge on any atom is -0.301 e. The Morgan fingerprint density at radius 3 is 2.71 bits per heavy atom. The molecule has 0 bridgehead atoms. The molecule has 1 unspecified atom stereocenters. The topological polar surface area (TPSA) is 20.3 Å². The van der Waals surface area contributed by atoms with Crippen LogP contribution >= 0.6 is 12.4 Å². The van der Waals surface area contributed by atoms with Crippen LogP contribution in [0.4, 0.5) is 0 Å². The molecule has 0 aromatic heterocycles. The predicted octanol–water partition coefficient (Wildman–Crippen LogP) is 2.65. The summed E-state index contributed by atoms with van der Waals surface area (Å²) < 4.78 is 0. The van der Waals surface area contributed by atoms with E-state index in [-0.39, 0.29) is 12.4 Å². The fourth-order valence-electron chi connectivity index (χ4n) is 2.02. The van der Waals surface area contributed by atoms with Crippen molar-refractivity contribution in [1.82, 2.24) is 4.90 Å². The van der Waals surface area contributed by atoms with Crippen molar-refractivity contribution in [3.05, 3.63) is 0 Å². The lowest BCUT2D eigenvalue weighted by atomic mass is 10.0. The fourth-order valence-corrected chi connectivity index (χ4v) is 2.02. The molecule has 1 fully saturated rings. The average molecular weight is 220 g/mol. The Labute approximate surface area is 93.5 Å². The van der Waals surface area contributed by atoms with Crippen molar-refractivity contribution in [3.63, 3.8) is 0 Å². The molecule has 1 heterocycles. The summed E-state index contributed by atoms with van der Waals surface area (Å²) in [6.45, 7) is 6.33. The normalized spacial score (nSPS) is 22.9. The van der Waals surface area contributed by atoms with Gasteiger partial charge in [-0.25, -0.2) is 0 Å². The van der Waals surface area contributed by atoms with E-state index < -0.39 is 0 Å². The minimum absolute atomic E-state index is 0. The average Bonchev–Trinajstić information content (AvgIpc) is 2.08. The van der Waals surface area contributed by atoms with E-state index in [1.807, 2.05) is 0 Å². The van der Waals surface area contributed by atoms with Crippen LogP contribution in [0, 0.1) is 0 Å². The number of carbonyl (C=O) groups excluding carboxylic acids is 1. The van der Waals surface area contributed by atoms with E-state index in [1.54, 1.807) is 6.92 Å². The van der Waals surface area contributed by atoms with Gasteiger partial charge in [-0.05, 0) is 46.2 Å². The molecule has 0 aliphatic carbocycles. The molecule has 0 aromatic rings. The first-order chi connectivity index (χ1) is 6.20. The SMILES string of the molecule is CC(=O)CCCN1CCCCC1C.Cl. The molecule has 1 atom stereocenters. The molecule has 2 nitrogen and oxygen atoms in total. The fraction of sp³-hybridized carbons (Fsp3) is 0.909. The number of ketones is 1. The second-order valence-electron chi connectivity index (χ2n) is 4.19. The summed E-state index contributed by atoms with van der Waals surface area (Å²) in [7, 11) is 0. The summed E-state index contributed by atoms with van der Waals surface area (Å²) in [6, 6.07) is 0.737. The number of nitrogens with zero attached hydrogens (tertiary/aromatic N) is 1. The second kappa shape index (κ2) is 7.24. The first kappa shape index (κ1) is 13.9. The van der Waals surface area contributed by atoms with Crippen LogP contribution in [0.2, 0.25) is 0 Å². The van der Waals surface area contributed by atoms with Crippen molar-refractivity contribution < 1.29 is 4.79 Å². The summed E-state index contributed by atoms with van der Waals surface area (Å²) in [5.41, 5.74) is 0. The molecule has 0 aromatic carbocycles. The number of carbonyl (C=O) groups is 1. The monoisotopic (exact) mass is 219 g/mol. The van der Waals surface area contributed by atoms with Crippen LogP contribution in [0.25, 0.3) is 0 Å². The Hall–Kier alpha value is -0.0800. The second-order valence-corrected chi connectivity index (χ2v) is 4.19. The van der Waals surface area contributed by atoms with Gasteiger partial charge in [0.25, 0.3) is 0 Å². The van der Waals surface area contributed by atoms with Gasteiger partial charge in [-0.15, -0.1) is 12.4 Å². The first-order valence-electron chi connectivity index (χ1n) is 5.43. The number of hydrogen-bond donors (Lipinski definition) is 0. The predicted molar refractivity (Wildman–Crippen MR) is 62.0 cm³/mol. The zero-order valence-corrected chi connectivity index (χ0v) is 10.1. The van der Waals surface area contributed by atoms with Gasteiger partial charge < -0.3 is 9.69 Å². The largest absolute Gasteiger partial charge is 0.301 e. The van der Waals surface area contributed by atoms with Gasteiger partial charge >= 0.3 is 0 Å². The van der Waals surface area contributed by atoms with Crippen molar-refractivity contribution in [2.45, 2.75) is 52.0 Å². The molecule has 1 aliphatic heterocycles. The van der Waals surface area contributed by atoms with Gasteiger partial charge in [0.15, 0.2) is 0 Å². The third-order valence-electron chi connectivity index (χ3n) is 2.91. The standard InChI is InChI=1S/C11H21NO.ClH/c1-10-6-3-4-8-12(10)9-5-7-11(2)13;/h10H,3-9H2,1-2H3;1H. The maximum absolute atomic E-state index is 10.7. The molecule has 14 heavy (non-hydrogen) atoms. The third kappa shape index (κ3) is 4.97. The molecule has 84 valence electrons. The van der Waals surface area contributed by atoms with E-state index in [0.29, 0.717) is 5.78 Å². The summed E-state index contributed by atoms with van der Waals surface area (Å²) in [5, 5.41) is 0. The van der Waals surface area contributed by atoms with Crippen LogP contribution in [0.1, 0.15) is 46.0 Å². The van der Waals surface area contributed by atoms with Gasteiger partial charge in [0.1, 0.15) is 5.78 Å². The van der Waals surface area contributed by atoms with Gasteiger partial charge in [-0.3, -0.25) is 0 Å². The van der Waals surface area contributed by atoms with E-state index in [4.69, 9.17) is 0 Å². The third-order valence-corrected chi connectivity index (χ3v) is 2.91. The van der Waals surface area contributed by atoms with Crippen LogP contribution in [-0.2, 0) is 4.79 Å². The molecule has 1 rings (SSSR count). The summed E-state index contributed by atoms with van der Waals surface area (Å²) in [6.07, 6.45) is 5.84. The van der Waals surface area contributed by atoms with Crippen LogP contribution in [-0.4, -0.2) is 29.8 Å². The minimum atomic E-state index is 0.